The summed E-state index contributed by atoms with van der Waals surface area (Å²) in [6, 6.07) is 0.212. The smallest absolute Gasteiger partial charge is 0.223 e. The van der Waals surface area contributed by atoms with Crippen LogP contribution in [0, 0.1) is 35.5 Å². The van der Waals surface area contributed by atoms with Gasteiger partial charge >= 0.3 is 0 Å². The molecule has 4 rings (SSSR count). The second-order valence-corrected chi connectivity index (χ2v) is 7.54. The van der Waals surface area contributed by atoms with Crippen LogP contribution in [-0.4, -0.2) is 16.9 Å². The predicted octanol–water partition coefficient (Wildman–Crippen LogP) is 1.85. The molecule has 2 bridgehead atoms. The minimum absolute atomic E-state index is 0.212. The molecule has 0 heterocycles. The van der Waals surface area contributed by atoms with Crippen molar-refractivity contribution in [3.8, 4) is 0 Å². The average Bonchev–Trinajstić information content (AvgIpc) is 2.75. The van der Waals surface area contributed by atoms with Gasteiger partial charge in [-0.05, 0) is 55.8 Å². The highest BCUT2D eigenvalue weighted by molar-refractivity contribution is 7.80. The zero-order valence-corrected chi connectivity index (χ0v) is 12.0. The molecule has 0 aromatic heterocycles. The molecule has 0 aliphatic heterocycles. The molecule has 19 heavy (non-hydrogen) atoms. The van der Waals surface area contributed by atoms with Gasteiger partial charge in [-0.25, -0.2) is 0 Å². The molecule has 4 aliphatic carbocycles. The number of nitrogens with two attached hydrogens (primary N) is 1. The SMILES string of the molecule is NC(=S)C1CCCC1NC(=O)C1C2C3CCC(C3)C12. The normalized spacial score (nSPS) is 50.0. The molecule has 104 valence electrons. The highest BCUT2D eigenvalue weighted by Gasteiger charge is 2.67. The Morgan fingerprint density at radius 3 is 2.42 bits per heavy atom. The molecule has 0 aromatic carbocycles. The lowest BCUT2D eigenvalue weighted by Crippen LogP contribution is -2.43. The van der Waals surface area contributed by atoms with Crippen LogP contribution < -0.4 is 11.1 Å². The third-order valence-corrected chi connectivity index (χ3v) is 6.55. The molecule has 6 atom stereocenters. The molecule has 0 aromatic rings. The van der Waals surface area contributed by atoms with Crippen LogP contribution >= 0.6 is 12.2 Å². The molecule has 4 saturated carbocycles. The van der Waals surface area contributed by atoms with E-state index in [1.165, 1.54) is 19.3 Å². The fourth-order valence-electron chi connectivity index (χ4n) is 5.43. The van der Waals surface area contributed by atoms with Crippen molar-refractivity contribution in [2.24, 2.45) is 41.2 Å². The number of thiocarbonyl (C=S) groups is 1. The van der Waals surface area contributed by atoms with Crippen molar-refractivity contribution in [3.63, 3.8) is 0 Å². The molecule has 4 heteroatoms. The largest absolute Gasteiger partial charge is 0.393 e. The van der Waals surface area contributed by atoms with E-state index in [0.717, 1.165) is 42.9 Å². The standard InChI is InChI=1S/C15H22N2OS/c16-14(19)9-2-1-3-10(9)17-15(18)13-11-7-4-5-8(6-7)12(11)13/h7-13H,1-6H2,(H2,16,19)(H,17,18). The Kier molecular flexibility index (Phi) is 2.66. The second kappa shape index (κ2) is 4.18. The van der Waals surface area contributed by atoms with Gasteiger partial charge in [-0.2, -0.15) is 0 Å². The molecule has 4 aliphatic rings. The van der Waals surface area contributed by atoms with Crippen LogP contribution in [0.4, 0.5) is 0 Å². The molecule has 4 fully saturated rings. The van der Waals surface area contributed by atoms with E-state index in [2.05, 4.69) is 5.32 Å². The van der Waals surface area contributed by atoms with Crippen LogP contribution in [0.2, 0.25) is 0 Å². The van der Waals surface area contributed by atoms with Crippen LogP contribution in [0.5, 0.6) is 0 Å². The van der Waals surface area contributed by atoms with Gasteiger partial charge in [0.05, 0.1) is 4.99 Å². The van der Waals surface area contributed by atoms with Gasteiger partial charge in [0.15, 0.2) is 0 Å². The summed E-state index contributed by atoms with van der Waals surface area (Å²) in [5, 5.41) is 3.26. The van der Waals surface area contributed by atoms with Gasteiger partial charge in [-0.1, -0.05) is 18.6 Å². The Bertz CT molecular complexity index is 422. The quantitative estimate of drug-likeness (QED) is 0.775. The van der Waals surface area contributed by atoms with Crippen molar-refractivity contribution in [3.05, 3.63) is 0 Å². The molecule has 0 saturated heterocycles. The monoisotopic (exact) mass is 278 g/mol. The number of carbonyl (C=O) groups is 1. The van der Waals surface area contributed by atoms with E-state index in [1.54, 1.807) is 0 Å². The van der Waals surface area contributed by atoms with Crippen molar-refractivity contribution in [1.82, 2.24) is 5.32 Å². The molecule has 0 spiro atoms. The van der Waals surface area contributed by atoms with Gasteiger partial charge in [0.2, 0.25) is 5.91 Å². The predicted molar refractivity (Wildman–Crippen MR) is 77.4 cm³/mol. The van der Waals surface area contributed by atoms with E-state index < -0.39 is 0 Å². The highest BCUT2D eigenvalue weighted by Crippen LogP contribution is 2.69. The van der Waals surface area contributed by atoms with E-state index in [4.69, 9.17) is 18.0 Å². The summed E-state index contributed by atoms with van der Waals surface area (Å²) >= 11 is 5.12. The first-order chi connectivity index (χ1) is 9.16. The van der Waals surface area contributed by atoms with Crippen molar-refractivity contribution in [2.75, 3.05) is 0 Å². The Hall–Kier alpha value is -0.640. The first kappa shape index (κ1) is 12.1. The molecule has 1 amide bonds. The van der Waals surface area contributed by atoms with Gasteiger partial charge in [-0.15, -0.1) is 0 Å². The molecular weight excluding hydrogens is 256 g/mol. The minimum Gasteiger partial charge on any atom is -0.393 e. The number of nitrogens with one attached hydrogen (secondary N) is 1. The first-order valence-corrected chi connectivity index (χ1v) is 8.17. The maximum atomic E-state index is 12.5. The summed E-state index contributed by atoms with van der Waals surface area (Å²) in [7, 11) is 0. The number of amides is 1. The topological polar surface area (TPSA) is 55.1 Å². The maximum Gasteiger partial charge on any atom is 0.223 e. The van der Waals surface area contributed by atoms with E-state index in [9.17, 15) is 4.79 Å². The summed E-state index contributed by atoms with van der Waals surface area (Å²) in [4.78, 5) is 13.0. The van der Waals surface area contributed by atoms with E-state index in [0.29, 0.717) is 16.8 Å². The molecule has 0 radical (unpaired) electrons. The van der Waals surface area contributed by atoms with Crippen LogP contribution in [0.15, 0.2) is 0 Å². The van der Waals surface area contributed by atoms with E-state index >= 15 is 0 Å². The highest BCUT2D eigenvalue weighted by atomic mass is 32.1. The molecular formula is C15H22N2OS. The zero-order valence-electron chi connectivity index (χ0n) is 11.2. The molecule has 3 nitrogen and oxygen atoms in total. The molecule has 6 unspecified atom stereocenters. The number of fused-ring (bicyclic) bond motifs is 5. The first-order valence-electron chi connectivity index (χ1n) is 7.76. The number of hydrogen-bond acceptors (Lipinski definition) is 2. The lowest BCUT2D eigenvalue weighted by Gasteiger charge is -2.20. The number of rotatable bonds is 3. The Labute approximate surface area is 119 Å². The number of carbonyl (C=O) groups excluding carboxylic acids is 1. The van der Waals surface area contributed by atoms with Gasteiger partial charge < -0.3 is 11.1 Å². The second-order valence-electron chi connectivity index (χ2n) is 7.07. The van der Waals surface area contributed by atoms with Gasteiger partial charge in [0, 0.05) is 17.9 Å². The van der Waals surface area contributed by atoms with Crippen LogP contribution in [0.3, 0.4) is 0 Å². The summed E-state index contributed by atoms with van der Waals surface area (Å²) in [5.74, 6) is 4.04. The third-order valence-electron chi connectivity index (χ3n) is 6.25. The Morgan fingerprint density at radius 2 is 1.79 bits per heavy atom. The van der Waals surface area contributed by atoms with Crippen LogP contribution in [-0.2, 0) is 4.79 Å². The zero-order chi connectivity index (χ0) is 13.1. The van der Waals surface area contributed by atoms with Crippen LogP contribution in [0.1, 0.15) is 38.5 Å². The lowest BCUT2D eigenvalue weighted by molar-refractivity contribution is -0.124. The summed E-state index contributed by atoms with van der Waals surface area (Å²) in [6.45, 7) is 0. The summed E-state index contributed by atoms with van der Waals surface area (Å²) in [5.41, 5.74) is 5.78. The Balaban J connectivity index is 1.39. The fourth-order valence-corrected chi connectivity index (χ4v) is 5.71. The summed E-state index contributed by atoms with van der Waals surface area (Å²) in [6.07, 6.45) is 7.36. The average molecular weight is 278 g/mol. The lowest BCUT2D eigenvalue weighted by atomic mass is 10.00. The van der Waals surface area contributed by atoms with Crippen molar-refractivity contribution in [2.45, 2.75) is 44.6 Å². The fraction of sp³-hybridized carbons (Fsp3) is 0.867. The Morgan fingerprint density at radius 1 is 1.11 bits per heavy atom. The van der Waals surface area contributed by atoms with E-state index in [-0.39, 0.29) is 12.0 Å². The minimum atomic E-state index is 0.212. The number of hydrogen-bond donors (Lipinski definition) is 2. The van der Waals surface area contributed by atoms with Gasteiger partial charge in [0.1, 0.15) is 0 Å². The van der Waals surface area contributed by atoms with Crippen LogP contribution in [0.25, 0.3) is 0 Å². The molecule has 3 N–H and O–H groups in total. The van der Waals surface area contributed by atoms with Gasteiger partial charge in [-0.3, -0.25) is 4.79 Å². The van der Waals surface area contributed by atoms with E-state index in [1.807, 2.05) is 0 Å². The van der Waals surface area contributed by atoms with Crippen molar-refractivity contribution >= 4 is 23.1 Å². The van der Waals surface area contributed by atoms with Crippen molar-refractivity contribution < 1.29 is 4.79 Å². The summed E-state index contributed by atoms with van der Waals surface area (Å²) < 4.78 is 0. The van der Waals surface area contributed by atoms with Gasteiger partial charge in [0.25, 0.3) is 0 Å². The third kappa shape index (κ3) is 1.75. The van der Waals surface area contributed by atoms with Crippen molar-refractivity contribution in [1.29, 1.82) is 0 Å². The maximum absolute atomic E-state index is 12.5.